The van der Waals surface area contributed by atoms with Crippen molar-refractivity contribution in [3.8, 4) is 5.88 Å². The molecular formula is C23H30F4N4O2Si-. The topological polar surface area (TPSA) is 57.7 Å². The fraction of sp³-hybridized carbons (Fsp3) is 0.478. The molecule has 1 aliphatic heterocycles. The van der Waals surface area contributed by atoms with Gasteiger partial charge < -0.3 is 19.9 Å². The zero-order chi connectivity index (χ0) is 25.1. The van der Waals surface area contributed by atoms with Gasteiger partial charge in [-0.05, 0) is 25.2 Å². The number of rotatable bonds is 7. The number of benzene rings is 1. The van der Waals surface area contributed by atoms with Crippen molar-refractivity contribution in [1.82, 2.24) is 9.88 Å². The Bertz CT molecular complexity index is 1020. The van der Waals surface area contributed by atoms with Crippen LogP contribution in [0.15, 0.2) is 30.5 Å². The Balaban J connectivity index is 1.84. The number of hydrogen-bond acceptors (Lipinski definition) is 5. The van der Waals surface area contributed by atoms with Crippen molar-refractivity contribution in [3.63, 3.8) is 0 Å². The number of piperazine rings is 1. The smallest absolute Gasteiger partial charge is 0.417 e. The number of pyridine rings is 1. The second-order valence-corrected chi connectivity index (χ2v) is 15.3. The third kappa shape index (κ3) is 6.92. The minimum absolute atomic E-state index is 0.179. The van der Waals surface area contributed by atoms with Gasteiger partial charge in [-0.3, -0.25) is 4.79 Å². The van der Waals surface area contributed by atoms with E-state index >= 15 is 0 Å². The molecule has 1 N–H and O–H groups in total. The van der Waals surface area contributed by atoms with Crippen LogP contribution >= 0.6 is 0 Å². The van der Waals surface area contributed by atoms with Crippen LogP contribution in [-0.4, -0.2) is 63.7 Å². The molecule has 1 saturated heterocycles. The van der Waals surface area contributed by atoms with E-state index in [0.717, 1.165) is 37.5 Å². The normalized spacial score (nSPS) is 15.4. The zero-order valence-corrected chi connectivity index (χ0v) is 20.8. The number of anilines is 2. The summed E-state index contributed by atoms with van der Waals surface area (Å²) in [7, 11) is 0.534. The van der Waals surface area contributed by atoms with Crippen LogP contribution in [0.3, 0.4) is 0 Å². The standard InChI is InChI=1S/C23H30F4N4O2Si/c1-30-7-9-31(10-8-30)20-13-16(24)5-6-19(20)29-22(32)17-15-28-21(14-18(17)23(25,26)27)33-11-12-34(2,3)4/h5-6,13-15H,7-12H2,1-4H3,(H,29,32)/q-1. The number of likely N-dealkylation sites (N-methyl/N-ethyl adjacent to an activating group) is 1. The number of aromatic nitrogens is 1. The molecule has 0 atom stereocenters. The quantitative estimate of drug-likeness (QED) is 0.432. The molecule has 1 aromatic carbocycles. The van der Waals surface area contributed by atoms with Crippen molar-refractivity contribution < 1.29 is 27.1 Å². The van der Waals surface area contributed by atoms with E-state index in [1.807, 2.05) is 11.9 Å². The summed E-state index contributed by atoms with van der Waals surface area (Å²) in [5.41, 5.74) is -1.10. The summed E-state index contributed by atoms with van der Waals surface area (Å²) >= 11 is 0. The summed E-state index contributed by atoms with van der Waals surface area (Å²) in [6, 6.07) is 5.31. The van der Waals surface area contributed by atoms with Crippen LogP contribution in [0.2, 0.25) is 25.7 Å². The number of halogens is 4. The van der Waals surface area contributed by atoms with E-state index in [-0.39, 0.29) is 18.2 Å². The molecular weight excluding hydrogens is 468 g/mol. The van der Waals surface area contributed by atoms with Crippen LogP contribution in [0.1, 0.15) is 15.9 Å². The summed E-state index contributed by atoms with van der Waals surface area (Å²) in [5.74, 6) is -1.65. The van der Waals surface area contributed by atoms with Crippen LogP contribution < -0.4 is 15.0 Å². The molecule has 11 heteroatoms. The fourth-order valence-electron chi connectivity index (χ4n) is 3.50. The second-order valence-electron chi connectivity index (χ2n) is 9.63. The number of hydrogen-bond donors (Lipinski definition) is 1. The van der Waals surface area contributed by atoms with Gasteiger partial charge in [0.25, 0.3) is 5.91 Å². The maximum Gasteiger partial charge on any atom is 0.417 e. The molecule has 0 saturated carbocycles. The van der Waals surface area contributed by atoms with Gasteiger partial charge in [-0.25, -0.2) is 9.37 Å². The van der Waals surface area contributed by atoms with Gasteiger partial charge in [0.1, 0.15) is 5.82 Å². The molecule has 0 bridgehead atoms. The lowest BCUT2D eigenvalue weighted by atomic mass is 10.1. The molecule has 1 aliphatic rings. The van der Waals surface area contributed by atoms with Crippen LogP contribution in [0.25, 0.3) is 0 Å². The molecule has 0 radical (unpaired) electrons. The predicted octanol–water partition coefficient (Wildman–Crippen LogP) is 4.96. The molecule has 3 rings (SSSR count). The first-order chi connectivity index (χ1) is 15.8. The van der Waals surface area contributed by atoms with Crippen molar-refractivity contribution in [1.29, 1.82) is 0 Å². The van der Waals surface area contributed by atoms with Gasteiger partial charge in [-0.15, -0.1) is 14.1 Å². The third-order valence-corrected chi connectivity index (χ3v) is 7.29. The lowest BCUT2D eigenvalue weighted by Gasteiger charge is -2.35. The Morgan fingerprint density at radius 3 is 2.44 bits per heavy atom. The molecule has 2 heterocycles. The summed E-state index contributed by atoms with van der Waals surface area (Å²) < 4.78 is 60.7. The first-order valence-corrected chi connectivity index (χ1v) is 14.8. The Morgan fingerprint density at radius 1 is 1.15 bits per heavy atom. The lowest BCUT2D eigenvalue weighted by Crippen LogP contribution is -2.44. The second kappa shape index (κ2) is 10.3. The monoisotopic (exact) mass is 498 g/mol. The maximum atomic E-state index is 14.0. The number of nitrogens with zero attached hydrogens (tertiary/aromatic N) is 3. The SMILES string of the molecule is CN1CCN(c2cc(F)ccc2NC(=O)c2cnc(OCC[Si-](C)(C)C)cc2C(F)(F)F)CC1. The largest absolute Gasteiger partial charge is 0.481 e. The molecule has 187 valence electrons. The van der Waals surface area contributed by atoms with E-state index in [1.54, 1.807) is 0 Å². The van der Waals surface area contributed by atoms with Crippen LogP contribution in [0, 0.1) is 5.82 Å². The number of carbonyl (C=O) groups is 1. The maximum absolute atomic E-state index is 14.0. The number of alkyl halides is 3. The molecule has 6 nitrogen and oxygen atoms in total. The van der Waals surface area contributed by atoms with Crippen LogP contribution in [0.5, 0.6) is 5.88 Å². The first-order valence-electron chi connectivity index (χ1n) is 11.1. The summed E-state index contributed by atoms with van der Waals surface area (Å²) in [5, 5.41) is 2.52. The molecule has 0 aliphatic carbocycles. The van der Waals surface area contributed by atoms with Crippen LogP contribution in [0.4, 0.5) is 28.9 Å². The average Bonchev–Trinajstić information content (AvgIpc) is 2.74. The van der Waals surface area contributed by atoms with Gasteiger partial charge in [-0.2, -0.15) is 32.8 Å². The van der Waals surface area contributed by atoms with E-state index in [2.05, 4.69) is 34.8 Å². The van der Waals surface area contributed by atoms with E-state index in [1.165, 1.54) is 12.1 Å². The molecule has 0 spiro atoms. The number of nitrogens with one attached hydrogen (secondary N) is 1. The lowest BCUT2D eigenvalue weighted by molar-refractivity contribution is -0.138. The van der Waals surface area contributed by atoms with E-state index in [9.17, 15) is 22.4 Å². The minimum atomic E-state index is -4.78. The Kier molecular flexibility index (Phi) is 7.86. The highest BCUT2D eigenvalue weighted by Crippen LogP contribution is 2.35. The highest BCUT2D eigenvalue weighted by Gasteiger charge is 2.36. The molecule has 2 aromatic rings. The fourth-order valence-corrected chi connectivity index (χ4v) is 4.22. The average molecular weight is 499 g/mol. The molecule has 1 aromatic heterocycles. The Hall–Kier alpha value is -2.66. The Labute approximate surface area is 197 Å². The summed E-state index contributed by atoms with van der Waals surface area (Å²) in [6.07, 6.45) is -3.91. The van der Waals surface area contributed by atoms with Gasteiger partial charge in [0.2, 0.25) is 5.88 Å². The first kappa shape index (κ1) is 26.0. The van der Waals surface area contributed by atoms with Crippen molar-refractivity contribution in [2.45, 2.75) is 31.9 Å². The van der Waals surface area contributed by atoms with E-state index in [0.29, 0.717) is 18.8 Å². The summed E-state index contributed by atoms with van der Waals surface area (Å²) in [4.78, 5) is 20.8. The van der Waals surface area contributed by atoms with E-state index < -0.39 is 37.1 Å². The minimum Gasteiger partial charge on any atom is -0.481 e. The summed E-state index contributed by atoms with van der Waals surface area (Å²) in [6.45, 7) is 9.33. The van der Waals surface area contributed by atoms with Gasteiger partial charge >= 0.3 is 6.18 Å². The molecule has 1 fully saturated rings. The molecule has 0 unspecified atom stereocenters. The van der Waals surface area contributed by atoms with Gasteiger partial charge in [0.05, 0.1) is 29.1 Å². The number of carbonyl (C=O) groups excluding carboxylic acids is 1. The highest BCUT2D eigenvalue weighted by atomic mass is 28.3. The van der Waals surface area contributed by atoms with Crippen molar-refractivity contribution in [2.75, 3.05) is 50.1 Å². The number of ether oxygens (including phenoxy) is 1. The van der Waals surface area contributed by atoms with Gasteiger partial charge in [0.15, 0.2) is 0 Å². The van der Waals surface area contributed by atoms with Crippen LogP contribution in [-0.2, 0) is 6.18 Å². The van der Waals surface area contributed by atoms with E-state index in [4.69, 9.17) is 4.74 Å². The molecule has 1 amide bonds. The number of amides is 1. The molecule has 34 heavy (non-hydrogen) atoms. The van der Waals surface area contributed by atoms with Crippen molar-refractivity contribution >= 4 is 25.4 Å². The third-order valence-electron chi connectivity index (χ3n) is 5.58. The van der Waals surface area contributed by atoms with Crippen molar-refractivity contribution in [2.24, 2.45) is 0 Å². The predicted molar refractivity (Wildman–Crippen MR) is 127 cm³/mol. The van der Waals surface area contributed by atoms with Gasteiger partial charge in [0, 0.05) is 38.4 Å². The van der Waals surface area contributed by atoms with Gasteiger partial charge in [-0.1, -0.05) is 0 Å². The Morgan fingerprint density at radius 2 is 1.82 bits per heavy atom. The van der Waals surface area contributed by atoms with Crippen molar-refractivity contribution in [3.05, 3.63) is 47.4 Å². The zero-order valence-electron chi connectivity index (χ0n) is 19.8. The highest BCUT2D eigenvalue weighted by molar-refractivity contribution is 6.76.